The van der Waals surface area contributed by atoms with Crippen LogP contribution in [0.2, 0.25) is 0 Å². The molecule has 0 spiro atoms. The Morgan fingerprint density at radius 3 is 2.58 bits per heavy atom. The fourth-order valence-electron chi connectivity index (χ4n) is 1.78. The fraction of sp³-hybridized carbons (Fsp3) is 0.385. The number of oxime groups is 1. The van der Waals surface area contributed by atoms with Crippen LogP contribution < -0.4 is 16.8 Å². The lowest BCUT2D eigenvalue weighted by molar-refractivity contribution is -0.118. The Labute approximate surface area is 112 Å². The van der Waals surface area contributed by atoms with Gasteiger partial charge >= 0.3 is 0 Å². The molecule has 6 N–H and O–H groups in total. The Balaban J connectivity index is 2.50. The highest BCUT2D eigenvalue weighted by molar-refractivity contribution is 5.87. The van der Waals surface area contributed by atoms with Crippen molar-refractivity contribution in [3.63, 3.8) is 0 Å². The number of carbonyl (C=O) groups excluding carboxylic acids is 1. The molecule has 0 aliphatic heterocycles. The second-order valence-corrected chi connectivity index (χ2v) is 4.26. The van der Waals surface area contributed by atoms with Crippen LogP contribution in [0.1, 0.15) is 24.3 Å². The van der Waals surface area contributed by atoms with Gasteiger partial charge in [-0.3, -0.25) is 4.79 Å². The van der Waals surface area contributed by atoms with Crippen molar-refractivity contribution >= 4 is 11.7 Å². The maximum absolute atomic E-state index is 10.6. The third kappa shape index (κ3) is 5.39. The van der Waals surface area contributed by atoms with Crippen LogP contribution in [0.3, 0.4) is 0 Å². The van der Waals surface area contributed by atoms with Crippen molar-refractivity contribution in [3.05, 3.63) is 35.9 Å². The molecule has 1 amide bonds. The summed E-state index contributed by atoms with van der Waals surface area (Å²) in [5.74, 6) is -0.341. The van der Waals surface area contributed by atoms with Gasteiger partial charge in [-0.05, 0) is 18.5 Å². The van der Waals surface area contributed by atoms with Crippen LogP contribution in [0, 0.1) is 0 Å². The molecule has 1 aromatic rings. The van der Waals surface area contributed by atoms with Gasteiger partial charge in [-0.25, -0.2) is 0 Å². The summed E-state index contributed by atoms with van der Waals surface area (Å²) in [6.07, 6.45) is 1.03. The third-order valence-electron chi connectivity index (χ3n) is 2.80. The zero-order valence-electron chi connectivity index (χ0n) is 10.7. The average Bonchev–Trinajstić information content (AvgIpc) is 2.42. The Morgan fingerprint density at radius 1 is 1.32 bits per heavy atom. The van der Waals surface area contributed by atoms with Gasteiger partial charge in [0.2, 0.25) is 5.91 Å². The molecule has 1 rings (SSSR count). The molecule has 0 aliphatic carbocycles. The summed E-state index contributed by atoms with van der Waals surface area (Å²) >= 11 is 0. The predicted molar refractivity (Wildman–Crippen MR) is 73.9 cm³/mol. The highest BCUT2D eigenvalue weighted by Gasteiger charge is 2.15. The molecule has 0 radical (unpaired) electrons. The average molecular weight is 264 g/mol. The molecular weight excluding hydrogens is 244 g/mol. The Kier molecular flexibility index (Phi) is 6.38. The van der Waals surface area contributed by atoms with E-state index in [1.807, 2.05) is 30.3 Å². The first-order valence-electron chi connectivity index (χ1n) is 6.16. The molecule has 19 heavy (non-hydrogen) atoms. The number of benzene rings is 1. The van der Waals surface area contributed by atoms with Crippen LogP contribution >= 0.6 is 0 Å². The zero-order valence-corrected chi connectivity index (χ0v) is 10.7. The number of amidine groups is 1. The Morgan fingerprint density at radius 2 is 2.00 bits per heavy atom. The molecule has 1 aromatic carbocycles. The quantitative estimate of drug-likeness (QED) is 0.178. The number of nitrogens with one attached hydrogen (secondary N) is 1. The topological polar surface area (TPSA) is 114 Å². The largest absolute Gasteiger partial charge is 0.409 e. The monoisotopic (exact) mass is 264 g/mol. The number of amides is 1. The summed E-state index contributed by atoms with van der Waals surface area (Å²) in [5.41, 5.74) is 11.7. The maximum Gasteiger partial charge on any atom is 0.217 e. The lowest BCUT2D eigenvalue weighted by Gasteiger charge is -2.16. The van der Waals surface area contributed by atoms with Crippen LogP contribution in [0.25, 0.3) is 0 Å². The van der Waals surface area contributed by atoms with Crippen molar-refractivity contribution in [2.45, 2.75) is 18.8 Å². The summed E-state index contributed by atoms with van der Waals surface area (Å²) in [6, 6.07) is 9.56. The van der Waals surface area contributed by atoms with Crippen molar-refractivity contribution in [1.29, 1.82) is 0 Å². The van der Waals surface area contributed by atoms with Gasteiger partial charge in [-0.1, -0.05) is 35.5 Å². The van der Waals surface area contributed by atoms with E-state index in [2.05, 4.69) is 10.5 Å². The van der Waals surface area contributed by atoms with Gasteiger partial charge in [0, 0.05) is 13.0 Å². The molecule has 6 nitrogen and oxygen atoms in total. The predicted octanol–water partition coefficient (Wildman–Crippen LogP) is 0.372. The maximum atomic E-state index is 10.6. The van der Waals surface area contributed by atoms with Gasteiger partial charge in [0.05, 0.1) is 5.92 Å². The molecule has 0 bridgehead atoms. The summed E-state index contributed by atoms with van der Waals surface area (Å²) in [7, 11) is 0. The van der Waals surface area contributed by atoms with Gasteiger partial charge in [0.1, 0.15) is 5.84 Å². The number of hydrogen-bond acceptors (Lipinski definition) is 4. The molecule has 0 aromatic heterocycles. The number of nitrogens with two attached hydrogens (primary N) is 2. The van der Waals surface area contributed by atoms with Crippen molar-refractivity contribution < 1.29 is 10.0 Å². The lowest BCUT2D eigenvalue weighted by Crippen LogP contribution is -2.32. The summed E-state index contributed by atoms with van der Waals surface area (Å²) in [4.78, 5) is 10.6. The number of hydrogen-bond donors (Lipinski definition) is 4. The summed E-state index contributed by atoms with van der Waals surface area (Å²) < 4.78 is 0. The van der Waals surface area contributed by atoms with Crippen LogP contribution in [-0.4, -0.2) is 30.0 Å². The van der Waals surface area contributed by atoms with E-state index < -0.39 is 0 Å². The minimum absolute atomic E-state index is 0.161. The van der Waals surface area contributed by atoms with E-state index in [9.17, 15) is 4.79 Å². The molecule has 0 aliphatic rings. The standard InChI is InChI=1S/C13H20N4O2/c14-12(18)7-4-8-16-9-11(13(15)17-19)10-5-2-1-3-6-10/h1-3,5-6,11,16,19H,4,7-9H2,(H2,14,18)(H2,15,17). The third-order valence-corrected chi connectivity index (χ3v) is 2.80. The molecular formula is C13H20N4O2. The SMILES string of the molecule is NC(=O)CCCNCC(C(N)=NO)c1ccccc1. The van der Waals surface area contributed by atoms with Crippen LogP contribution in [0.15, 0.2) is 35.5 Å². The summed E-state index contributed by atoms with van der Waals surface area (Å²) in [5, 5.41) is 15.1. The highest BCUT2D eigenvalue weighted by Crippen LogP contribution is 2.14. The van der Waals surface area contributed by atoms with Gasteiger partial charge in [-0.15, -0.1) is 0 Å². The minimum atomic E-state index is -0.308. The number of nitrogens with zero attached hydrogens (tertiary/aromatic N) is 1. The normalized spacial score (nSPS) is 13.2. The molecule has 1 atom stereocenters. The minimum Gasteiger partial charge on any atom is -0.409 e. The van der Waals surface area contributed by atoms with Gasteiger partial charge in [-0.2, -0.15) is 0 Å². The van der Waals surface area contributed by atoms with Gasteiger partial charge in [0.15, 0.2) is 0 Å². The van der Waals surface area contributed by atoms with Crippen molar-refractivity contribution in [1.82, 2.24) is 5.32 Å². The molecule has 0 fully saturated rings. The second kappa shape index (κ2) is 8.10. The van der Waals surface area contributed by atoms with E-state index in [4.69, 9.17) is 16.7 Å². The Hall–Kier alpha value is -2.08. The lowest BCUT2D eigenvalue weighted by atomic mass is 9.98. The van der Waals surface area contributed by atoms with E-state index >= 15 is 0 Å². The molecule has 0 saturated carbocycles. The molecule has 1 unspecified atom stereocenters. The van der Waals surface area contributed by atoms with E-state index in [1.54, 1.807) is 0 Å². The number of primary amides is 1. The molecule has 6 heteroatoms. The number of rotatable bonds is 8. The smallest absolute Gasteiger partial charge is 0.217 e. The van der Waals surface area contributed by atoms with Gasteiger partial charge in [0.25, 0.3) is 0 Å². The molecule has 0 heterocycles. The van der Waals surface area contributed by atoms with Crippen molar-refractivity contribution in [3.8, 4) is 0 Å². The van der Waals surface area contributed by atoms with Gasteiger partial charge < -0.3 is 22.0 Å². The number of carbonyl (C=O) groups is 1. The first-order valence-corrected chi connectivity index (χ1v) is 6.16. The van der Waals surface area contributed by atoms with E-state index in [-0.39, 0.29) is 17.7 Å². The fourth-order valence-corrected chi connectivity index (χ4v) is 1.78. The van der Waals surface area contributed by atoms with Crippen molar-refractivity contribution in [2.24, 2.45) is 16.6 Å². The van der Waals surface area contributed by atoms with E-state index in [1.165, 1.54) is 0 Å². The molecule has 104 valence electrons. The van der Waals surface area contributed by atoms with Crippen molar-refractivity contribution in [2.75, 3.05) is 13.1 Å². The van der Waals surface area contributed by atoms with Crippen LogP contribution in [0.5, 0.6) is 0 Å². The molecule has 0 saturated heterocycles. The van der Waals surface area contributed by atoms with E-state index in [0.717, 1.165) is 5.56 Å². The highest BCUT2D eigenvalue weighted by atomic mass is 16.4. The Bertz CT molecular complexity index is 420. The van der Waals surface area contributed by atoms with E-state index in [0.29, 0.717) is 25.9 Å². The first kappa shape index (κ1) is 15.0. The van der Waals surface area contributed by atoms with Crippen LogP contribution in [-0.2, 0) is 4.79 Å². The van der Waals surface area contributed by atoms with Crippen LogP contribution in [0.4, 0.5) is 0 Å². The first-order chi connectivity index (χ1) is 9.15. The zero-order chi connectivity index (χ0) is 14.1. The second-order valence-electron chi connectivity index (χ2n) is 4.26. The summed E-state index contributed by atoms with van der Waals surface area (Å²) in [6.45, 7) is 1.20.